The first-order valence-electron chi connectivity index (χ1n) is 13.1. The summed E-state index contributed by atoms with van der Waals surface area (Å²) in [6.45, 7) is 12.7. The van der Waals surface area contributed by atoms with Crippen LogP contribution in [-0.4, -0.2) is 38.9 Å². The molecule has 0 radical (unpaired) electrons. The third-order valence-corrected chi connectivity index (χ3v) is 10.8. The van der Waals surface area contributed by atoms with Crippen LogP contribution in [0.25, 0.3) is 0 Å². The Morgan fingerprint density at radius 2 is 1.81 bits per heavy atom. The number of hydrogen-bond acceptors (Lipinski definition) is 4. The van der Waals surface area contributed by atoms with Crippen molar-refractivity contribution in [2.24, 2.45) is 46.3 Å². The van der Waals surface area contributed by atoms with Crippen molar-refractivity contribution in [1.29, 1.82) is 0 Å². The van der Waals surface area contributed by atoms with Crippen molar-refractivity contribution in [3.05, 3.63) is 11.6 Å². The lowest BCUT2D eigenvalue weighted by atomic mass is 9.47. The second-order valence-electron chi connectivity index (χ2n) is 13.0. The van der Waals surface area contributed by atoms with Gasteiger partial charge in [0.05, 0.1) is 17.8 Å². The smallest absolute Gasteiger partial charge is 0.138 e. The first-order valence-corrected chi connectivity index (χ1v) is 13.1. The van der Waals surface area contributed by atoms with E-state index in [9.17, 15) is 20.1 Å². The van der Waals surface area contributed by atoms with Crippen LogP contribution in [0, 0.1) is 46.3 Å². The fourth-order valence-corrected chi connectivity index (χ4v) is 8.58. The standard InChI is InChI=1S/C28H46O4/c1-16(2)17(3)24(31)15-28(6,32)25-8-7-20-19-14-23(30)22-13-18(29)9-11-26(22,4)21(19)10-12-27(20,25)5/h10,16-20,22-23,25,29-30,32H,7-9,11-15H2,1-6H3/t17-,18+,19?,20?,22-,23+,25+,26-,27+,28+/m1/s1. The highest BCUT2D eigenvalue weighted by Gasteiger charge is 2.61. The monoisotopic (exact) mass is 446 g/mol. The molecular weight excluding hydrogens is 400 g/mol. The normalized spacial score (nSPS) is 46.5. The van der Waals surface area contributed by atoms with Crippen LogP contribution in [0.5, 0.6) is 0 Å². The number of fused-ring (bicyclic) bond motifs is 5. The number of carbonyl (C=O) groups excluding carboxylic acids is 1. The van der Waals surface area contributed by atoms with E-state index in [-0.39, 0.29) is 58.9 Å². The molecule has 0 bridgehead atoms. The summed E-state index contributed by atoms with van der Waals surface area (Å²) in [7, 11) is 0. The summed E-state index contributed by atoms with van der Waals surface area (Å²) < 4.78 is 0. The molecule has 0 aromatic heterocycles. The molecule has 0 aromatic rings. The van der Waals surface area contributed by atoms with Crippen molar-refractivity contribution < 1.29 is 20.1 Å². The highest BCUT2D eigenvalue weighted by atomic mass is 16.3. The fraction of sp³-hybridized carbons (Fsp3) is 0.893. The van der Waals surface area contributed by atoms with Crippen LogP contribution >= 0.6 is 0 Å². The zero-order chi connectivity index (χ0) is 23.6. The predicted molar refractivity (Wildman–Crippen MR) is 127 cm³/mol. The molecular formula is C28H46O4. The highest BCUT2D eigenvalue weighted by Crippen LogP contribution is 2.66. The lowest BCUT2D eigenvalue weighted by Gasteiger charge is -2.58. The molecule has 0 aliphatic heterocycles. The number of Topliss-reactive ketones (excluding diaryl/α,β-unsaturated/α-hetero) is 1. The number of aliphatic hydroxyl groups is 3. The van der Waals surface area contributed by atoms with Gasteiger partial charge in [-0.2, -0.15) is 0 Å². The Balaban J connectivity index is 1.60. The van der Waals surface area contributed by atoms with Crippen LogP contribution in [0.2, 0.25) is 0 Å². The number of ketones is 1. The number of allylic oxidation sites excluding steroid dienone is 2. The Morgan fingerprint density at radius 1 is 1.12 bits per heavy atom. The van der Waals surface area contributed by atoms with Crippen LogP contribution in [0.3, 0.4) is 0 Å². The molecule has 0 aromatic carbocycles. The summed E-state index contributed by atoms with van der Waals surface area (Å²) >= 11 is 0. The third kappa shape index (κ3) is 3.73. The zero-order valence-corrected chi connectivity index (χ0v) is 21.1. The number of rotatable bonds is 5. The molecule has 0 saturated heterocycles. The van der Waals surface area contributed by atoms with Gasteiger partial charge in [0.15, 0.2) is 0 Å². The lowest BCUT2D eigenvalue weighted by molar-refractivity contribution is -0.134. The molecule has 4 nitrogen and oxygen atoms in total. The van der Waals surface area contributed by atoms with Gasteiger partial charge < -0.3 is 15.3 Å². The third-order valence-electron chi connectivity index (χ3n) is 10.8. The largest absolute Gasteiger partial charge is 0.393 e. The number of hydrogen-bond donors (Lipinski definition) is 3. The summed E-state index contributed by atoms with van der Waals surface area (Å²) in [5, 5.41) is 33.0. The summed E-state index contributed by atoms with van der Waals surface area (Å²) in [5.41, 5.74) is 0.457. The molecule has 2 unspecified atom stereocenters. The average Bonchev–Trinajstić information content (AvgIpc) is 3.06. The van der Waals surface area contributed by atoms with Gasteiger partial charge in [-0.3, -0.25) is 4.79 Å². The quantitative estimate of drug-likeness (QED) is 0.525. The lowest BCUT2D eigenvalue weighted by Crippen LogP contribution is -2.55. The second kappa shape index (κ2) is 8.20. The highest BCUT2D eigenvalue weighted by molar-refractivity contribution is 5.81. The van der Waals surface area contributed by atoms with Crippen molar-refractivity contribution in [2.75, 3.05) is 0 Å². The van der Waals surface area contributed by atoms with Gasteiger partial charge in [0, 0.05) is 12.3 Å². The van der Waals surface area contributed by atoms with Gasteiger partial charge in [0.25, 0.3) is 0 Å². The van der Waals surface area contributed by atoms with E-state index in [2.05, 4.69) is 33.8 Å². The number of aliphatic hydroxyl groups excluding tert-OH is 2. The Bertz CT molecular complexity index is 769. The number of carbonyl (C=O) groups is 1. The molecule has 3 fully saturated rings. The average molecular weight is 447 g/mol. The summed E-state index contributed by atoms with van der Waals surface area (Å²) in [5.74, 6) is 1.47. The minimum atomic E-state index is -0.996. The van der Waals surface area contributed by atoms with E-state index in [1.54, 1.807) is 0 Å². The van der Waals surface area contributed by atoms with E-state index in [1.165, 1.54) is 5.57 Å². The van der Waals surface area contributed by atoms with Crippen molar-refractivity contribution in [2.45, 2.75) is 111 Å². The predicted octanol–water partition coefficient (Wildman–Crippen LogP) is 4.90. The minimum Gasteiger partial charge on any atom is -0.393 e. The molecule has 4 aliphatic rings. The molecule has 3 N–H and O–H groups in total. The van der Waals surface area contributed by atoms with E-state index in [4.69, 9.17) is 0 Å². The van der Waals surface area contributed by atoms with E-state index in [1.807, 2.05) is 13.8 Å². The van der Waals surface area contributed by atoms with E-state index in [0.29, 0.717) is 18.3 Å². The maximum Gasteiger partial charge on any atom is 0.138 e. The molecule has 10 atom stereocenters. The summed E-state index contributed by atoms with van der Waals surface area (Å²) in [4.78, 5) is 12.9. The Morgan fingerprint density at radius 3 is 2.47 bits per heavy atom. The molecule has 32 heavy (non-hydrogen) atoms. The summed E-state index contributed by atoms with van der Waals surface area (Å²) in [6, 6.07) is 0. The first kappa shape index (κ1) is 24.4. The molecule has 4 heteroatoms. The zero-order valence-electron chi connectivity index (χ0n) is 21.1. The van der Waals surface area contributed by atoms with Crippen molar-refractivity contribution in [3.8, 4) is 0 Å². The van der Waals surface area contributed by atoms with Gasteiger partial charge in [0.2, 0.25) is 0 Å². The molecule has 4 rings (SSSR count). The summed E-state index contributed by atoms with van der Waals surface area (Å²) in [6.07, 6.45) is 8.23. The Labute approximate surface area is 194 Å². The van der Waals surface area contributed by atoms with Crippen LogP contribution in [0.4, 0.5) is 0 Å². The van der Waals surface area contributed by atoms with Crippen LogP contribution in [0.1, 0.15) is 92.9 Å². The molecule has 3 saturated carbocycles. The van der Waals surface area contributed by atoms with Gasteiger partial charge in [-0.15, -0.1) is 0 Å². The molecule has 0 spiro atoms. The molecule has 0 amide bonds. The maximum absolute atomic E-state index is 12.9. The van der Waals surface area contributed by atoms with Crippen molar-refractivity contribution >= 4 is 5.78 Å². The van der Waals surface area contributed by atoms with Crippen molar-refractivity contribution in [3.63, 3.8) is 0 Å². The second-order valence-corrected chi connectivity index (χ2v) is 13.0. The minimum absolute atomic E-state index is 0.0217. The van der Waals surface area contributed by atoms with Crippen LogP contribution in [0.15, 0.2) is 11.6 Å². The van der Waals surface area contributed by atoms with Gasteiger partial charge in [0.1, 0.15) is 5.78 Å². The van der Waals surface area contributed by atoms with E-state index >= 15 is 0 Å². The first-order chi connectivity index (χ1) is 14.8. The van der Waals surface area contributed by atoms with E-state index in [0.717, 1.165) is 38.5 Å². The van der Waals surface area contributed by atoms with Crippen LogP contribution in [-0.2, 0) is 4.79 Å². The van der Waals surface area contributed by atoms with Gasteiger partial charge in [-0.25, -0.2) is 0 Å². The van der Waals surface area contributed by atoms with Crippen molar-refractivity contribution in [1.82, 2.24) is 0 Å². The molecule has 182 valence electrons. The van der Waals surface area contributed by atoms with Gasteiger partial charge in [-0.05, 0) is 92.3 Å². The van der Waals surface area contributed by atoms with Gasteiger partial charge in [-0.1, -0.05) is 46.3 Å². The SMILES string of the molecule is CC(C)[C@@H](C)C(=O)C[C@](C)(O)[C@H]1CCC2C3C[C@H](O)[C@H]4C[C@@H](O)CC[C@]4(C)C3=CC[C@@]21C. The topological polar surface area (TPSA) is 77.8 Å². The van der Waals surface area contributed by atoms with Crippen LogP contribution < -0.4 is 0 Å². The Hall–Kier alpha value is -0.710. The molecule has 4 aliphatic carbocycles. The fourth-order valence-electron chi connectivity index (χ4n) is 8.58. The Kier molecular flexibility index (Phi) is 6.26. The maximum atomic E-state index is 12.9. The molecule has 0 heterocycles. The van der Waals surface area contributed by atoms with Gasteiger partial charge >= 0.3 is 0 Å². The van der Waals surface area contributed by atoms with E-state index < -0.39 is 5.60 Å².